The standard InChI is InChI=1S/C11H18N2O3/c1-4-9(5-6-14)12-11(15)10-7(2)13-16-8(10)3/h9,14H,4-6H2,1-3H3,(H,12,15). The van der Waals surface area contributed by atoms with Crippen LogP contribution in [0.1, 0.15) is 41.6 Å². The predicted octanol–water partition coefficient (Wildman–Crippen LogP) is 1.18. The molecule has 0 spiro atoms. The Bertz CT molecular complexity index is 341. The Labute approximate surface area is 94.8 Å². The molecule has 0 aliphatic rings. The van der Waals surface area contributed by atoms with E-state index in [-0.39, 0.29) is 18.6 Å². The van der Waals surface area contributed by atoms with Crippen molar-refractivity contribution >= 4 is 5.91 Å². The highest BCUT2D eigenvalue weighted by Crippen LogP contribution is 2.12. The zero-order valence-electron chi connectivity index (χ0n) is 9.91. The molecule has 1 aromatic heterocycles. The highest BCUT2D eigenvalue weighted by molar-refractivity contribution is 5.96. The van der Waals surface area contributed by atoms with Crippen molar-refractivity contribution in [2.45, 2.75) is 39.7 Å². The smallest absolute Gasteiger partial charge is 0.257 e. The van der Waals surface area contributed by atoms with Gasteiger partial charge in [-0.15, -0.1) is 0 Å². The summed E-state index contributed by atoms with van der Waals surface area (Å²) in [4.78, 5) is 11.9. The summed E-state index contributed by atoms with van der Waals surface area (Å²) < 4.78 is 4.93. The number of carbonyl (C=O) groups excluding carboxylic acids is 1. The fourth-order valence-corrected chi connectivity index (χ4v) is 1.60. The number of nitrogens with one attached hydrogen (secondary N) is 1. The largest absolute Gasteiger partial charge is 0.396 e. The van der Waals surface area contributed by atoms with Crippen LogP contribution < -0.4 is 5.32 Å². The monoisotopic (exact) mass is 226 g/mol. The summed E-state index contributed by atoms with van der Waals surface area (Å²) >= 11 is 0. The Morgan fingerprint density at radius 2 is 2.25 bits per heavy atom. The summed E-state index contributed by atoms with van der Waals surface area (Å²) in [5.74, 6) is 0.338. The lowest BCUT2D eigenvalue weighted by Crippen LogP contribution is -2.35. The number of carbonyl (C=O) groups is 1. The first-order valence-corrected chi connectivity index (χ1v) is 5.44. The van der Waals surface area contributed by atoms with Crippen molar-refractivity contribution in [2.75, 3.05) is 6.61 Å². The van der Waals surface area contributed by atoms with Crippen LogP contribution in [0.5, 0.6) is 0 Å². The molecule has 0 aliphatic heterocycles. The molecule has 0 fully saturated rings. The topological polar surface area (TPSA) is 75.4 Å². The van der Waals surface area contributed by atoms with E-state index in [1.54, 1.807) is 13.8 Å². The number of rotatable bonds is 5. The van der Waals surface area contributed by atoms with Gasteiger partial charge in [-0.1, -0.05) is 12.1 Å². The highest BCUT2D eigenvalue weighted by atomic mass is 16.5. The molecule has 5 nitrogen and oxygen atoms in total. The van der Waals surface area contributed by atoms with Gasteiger partial charge in [0.15, 0.2) is 0 Å². The van der Waals surface area contributed by atoms with Crippen LogP contribution in [-0.2, 0) is 0 Å². The lowest BCUT2D eigenvalue weighted by Gasteiger charge is -2.15. The first-order chi connectivity index (χ1) is 7.60. The lowest BCUT2D eigenvalue weighted by molar-refractivity contribution is 0.0927. The second-order valence-electron chi connectivity index (χ2n) is 3.79. The van der Waals surface area contributed by atoms with Crippen LogP contribution in [0.25, 0.3) is 0 Å². The molecule has 0 saturated heterocycles. The number of nitrogens with zero attached hydrogens (tertiary/aromatic N) is 1. The Balaban J connectivity index is 2.71. The Morgan fingerprint density at radius 1 is 1.56 bits per heavy atom. The van der Waals surface area contributed by atoms with E-state index in [1.807, 2.05) is 6.92 Å². The molecule has 5 heteroatoms. The Hall–Kier alpha value is -1.36. The van der Waals surface area contributed by atoms with Crippen molar-refractivity contribution in [1.82, 2.24) is 10.5 Å². The van der Waals surface area contributed by atoms with Crippen LogP contribution in [0.15, 0.2) is 4.52 Å². The van der Waals surface area contributed by atoms with Crippen molar-refractivity contribution in [3.05, 3.63) is 17.0 Å². The summed E-state index contributed by atoms with van der Waals surface area (Å²) in [6.07, 6.45) is 1.35. The molecular weight excluding hydrogens is 208 g/mol. The average Bonchev–Trinajstić information content (AvgIpc) is 2.57. The summed E-state index contributed by atoms with van der Waals surface area (Å²) in [6, 6.07) is -0.00815. The summed E-state index contributed by atoms with van der Waals surface area (Å²) in [6.45, 7) is 5.48. The zero-order valence-corrected chi connectivity index (χ0v) is 9.91. The number of aliphatic hydroxyl groups is 1. The van der Waals surface area contributed by atoms with E-state index in [9.17, 15) is 4.79 Å². The first-order valence-electron chi connectivity index (χ1n) is 5.44. The summed E-state index contributed by atoms with van der Waals surface area (Å²) in [5.41, 5.74) is 1.09. The Kier molecular flexibility index (Phi) is 4.49. The third-order valence-electron chi connectivity index (χ3n) is 2.57. The molecule has 0 bridgehead atoms. The number of aliphatic hydroxyl groups excluding tert-OH is 1. The van der Waals surface area contributed by atoms with Gasteiger partial charge in [0.25, 0.3) is 5.91 Å². The third kappa shape index (κ3) is 2.82. The Morgan fingerprint density at radius 3 is 2.69 bits per heavy atom. The predicted molar refractivity (Wildman–Crippen MR) is 59.2 cm³/mol. The van der Waals surface area contributed by atoms with Gasteiger partial charge in [-0.25, -0.2) is 0 Å². The zero-order chi connectivity index (χ0) is 12.1. The summed E-state index contributed by atoms with van der Waals surface area (Å²) in [7, 11) is 0. The van der Waals surface area contributed by atoms with Crippen LogP contribution in [0.4, 0.5) is 0 Å². The minimum atomic E-state index is -0.184. The molecule has 0 aliphatic carbocycles. The quantitative estimate of drug-likeness (QED) is 0.790. The van der Waals surface area contributed by atoms with Gasteiger partial charge < -0.3 is 14.9 Å². The normalized spacial score (nSPS) is 12.5. The van der Waals surface area contributed by atoms with Gasteiger partial charge in [0.1, 0.15) is 11.3 Å². The van der Waals surface area contributed by atoms with Crippen molar-refractivity contribution < 1.29 is 14.4 Å². The van der Waals surface area contributed by atoms with E-state index >= 15 is 0 Å². The van der Waals surface area contributed by atoms with E-state index in [4.69, 9.17) is 9.63 Å². The van der Waals surface area contributed by atoms with Crippen LogP contribution in [0.3, 0.4) is 0 Å². The van der Waals surface area contributed by atoms with Crippen molar-refractivity contribution in [3.8, 4) is 0 Å². The minimum Gasteiger partial charge on any atom is -0.396 e. The summed E-state index contributed by atoms with van der Waals surface area (Å²) in [5, 5.41) is 15.4. The molecule has 1 unspecified atom stereocenters. The number of hydrogen-bond acceptors (Lipinski definition) is 4. The van der Waals surface area contributed by atoms with Crippen LogP contribution in [0, 0.1) is 13.8 Å². The minimum absolute atomic E-state index is 0.00815. The number of amides is 1. The molecule has 1 aromatic rings. The van der Waals surface area contributed by atoms with Crippen molar-refractivity contribution in [2.24, 2.45) is 0 Å². The van der Waals surface area contributed by atoms with Crippen LogP contribution >= 0.6 is 0 Å². The second kappa shape index (κ2) is 5.65. The van der Waals surface area contributed by atoms with Crippen LogP contribution in [-0.4, -0.2) is 28.8 Å². The maximum atomic E-state index is 11.9. The molecule has 1 rings (SSSR count). The van der Waals surface area contributed by atoms with E-state index < -0.39 is 0 Å². The van der Waals surface area contributed by atoms with E-state index in [0.717, 1.165) is 6.42 Å². The molecule has 1 amide bonds. The highest BCUT2D eigenvalue weighted by Gasteiger charge is 2.19. The van der Waals surface area contributed by atoms with Crippen LogP contribution in [0.2, 0.25) is 0 Å². The number of aryl methyl sites for hydroxylation is 2. The molecular formula is C11H18N2O3. The van der Waals surface area contributed by atoms with Gasteiger partial charge in [0, 0.05) is 12.6 Å². The number of hydrogen-bond donors (Lipinski definition) is 2. The van der Waals surface area contributed by atoms with Crippen molar-refractivity contribution in [3.63, 3.8) is 0 Å². The fourth-order valence-electron chi connectivity index (χ4n) is 1.60. The average molecular weight is 226 g/mol. The lowest BCUT2D eigenvalue weighted by atomic mass is 10.1. The third-order valence-corrected chi connectivity index (χ3v) is 2.57. The molecule has 90 valence electrons. The maximum Gasteiger partial charge on any atom is 0.257 e. The first kappa shape index (κ1) is 12.7. The fraction of sp³-hybridized carbons (Fsp3) is 0.636. The molecule has 2 N–H and O–H groups in total. The van der Waals surface area contributed by atoms with Gasteiger partial charge in [0.05, 0.1) is 5.69 Å². The molecule has 0 radical (unpaired) electrons. The van der Waals surface area contributed by atoms with Gasteiger partial charge >= 0.3 is 0 Å². The maximum absolute atomic E-state index is 11.9. The van der Waals surface area contributed by atoms with E-state index in [2.05, 4.69) is 10.5 Å². The molecule has 1 heterocycles. The molecule has 0 saturated carbocycles. The van der Waals surface area contributed by atoms with E-state index in [1.165, 1.54) is 0 Å². The SMILES string of the molecule is CCC(CCO)NC(=O)c1c(C)noc1C. The molecule has 1 atom stereocenters. The number of aromatic nitrogens is 1. The van der Waals surface area contributed by atoms with E-state index in [0.29, 0.717) is 23.4 Å². The van der Waals surface area contributed by atoms with Gasteiger partial charge in [-0.05, 0) is 26.7 Å². The molecule has 0 aromatic carbocycles. The van der Waals surface area contributed by atoms with Crippen molar-refractivity contribution in [1.29, 1.82) is 0 Å². The molecule has 16 heavy (non-hydrogen) atoms. The van der Waals surface area contributed by atoms with Gasteiger partial charge in [-0.3, -0.25) is 4.79 Å². The second-order valence-corrected chi connectivity index (χ2v) is 3.79. The van der Waals surface area contributed by atoms with Gasteiger partial charge in [-0.2, -0.15) is 0 Å². The van der Waals surface area contributed by atoms with Gasteiger partial charge in [0.2, 0.25) is 0 Å².